The quantitative estimate of drug-likeness (QED) is 0.603. The molecule has 0 aliphatic carbocycles. The zero-order valence-corrected chi connectivity index (χ0v) is 9.76. The Morgan fingerprint density at radius 3 is 2.43 bits per heavy atom. The summed E-state index contributed by atoms with van der Waals surface area (Å²) in [6.45, 7) is 5.43. The van der Waals surface area contributed by atoms with E-state index in [0.29, 0.717) is 6.42 Å². The maximum atomic E-state index is 11.3. The third-order valence-corrected chi connectivity index (χ3v) is 1.72. The zero-order chi connectivity index (χ0) is 11.2. The topological polar surface area (TPSA) is 58.4 Å². The van der Waals surface area contributed by atoms with Gasteiger partial charge in [0.25, 0.3) is 0 Å². The van der Waals surface area contributed by atoms with Crippen molar-refractivity contribution in [1.29, 1.82) is 0 Å². The van der Waals surface area contributed by atoms with Crippen LogP contribution in [0.5, 0.6) is 0 Å². The number of carbonyl (C=O) groups excluding carboxylic acids is 1. The standard InChI is InChI=1S/C10H23N3O/c1-10(2,11)8-9(14)12-6-5-7-13(3)4/h5-8,11H2,1-4H3,(H,12,14). The van der Waals surface area contributed by atoms with Gasteiger partial charge in [0, 0.05) is 18.5 Å². The highest BCUT2D eigenvalue weighted by molar-refractivity contribution is 5.76. The molecule has 0 atom stereocenters. The van der Waals surface area contributed by atoms with Crippen LogP contribution in [0.4, 0.5) is 0 Å². The van der Waals surface area contributed by atoms with Crippen LogP contribution < -0.4 is 11.1 Å². The van der Waals surface area contributed by atoms with Gasteiger partial charge in [-0.25, -0.2) is 0 Å². The van der Waals surface area contributed by atoms with Gasteiger partial charge in [0.15, 0.2) is 0 Å². The summed E-state index contributed by atoms with van der Waals surface area (Å²) in [7, 11) is 4.04. The van der Waals surface area contributed by atoms with Crippen molar-refractivity contribution >= 4 is 5.91 Å². The fraction of sp³-hybridized carbons (Fsp3) is 0.900. The van der Waals surface area contributed by atoms with E-state index in [-0.39, 0.29) is 5.91 Å². The molecule has 0 bridgehead atoms. The van der Waals surface area contributed by atoms with Crippen LogP contribution in [-0.2, 0) is 4.79 Å². The number of nitrogens with two attached hydrogens (primary N) is 1. The molecule has 14 heavy (non-hydrogen) atoms. The van der Waals surface area contributed by atoms with Gasteiger partial charge in [-0.05, 0) is 40.9 Å². The Kier molecular flexibility index (Phi) is 5.72. The Labute approximate surface area is 86.8 Å². The highest BCUT2D eigenvalue weighted by Crippen LogP contribution is 2.02. The predicted molar refractivity (Wildman–Crippen MR) is 59.1 cm³/mol. The Bertz CT molecular complexity index is 173. The number of nitrogens with one attached hydrogen (secondary N) is 1. The van der Waals surface area contributed by atoms with Crippen LogP contribution in [-0.4, -0.2) is 43.5 Å². The number of rotatable bonds is 6. The van der Waals surface area contributed by atoms with Crippen LogP contribution in [0.25, 0.3) is 0 Å². The highest BCUT2D eigenvalue weighted by atomic mass is 16.1. The molecule has 1 amide bonds. The first-order chi connectivity index (χ1) is 6.31. The van der Waals surface area contributed by atoms with Gasteiger partial charge in [-0.15, -0.1) is 0 Å². The van der Waals surface area contributed by atoms with Crippen molar-refractivity contribution < 1.29 is 4.79 Å². The molecule has 0 aromatic carbocycles. The Balaban J connectivity index is 3.46. The van der Waals surface area contributed by atoms with E-state index in [0.717, 1.165) is 19.5 Å². The van der Waals surface area contributed by atoms with Gasteiger partial charge >= 0.3 is 0 Å². The van der Waals surface area contributed by atoms with Crippen LogP contribution in [0, 0.1) is 0 Å². The first-order valence-electron chi connectivity index (χ1n) is 5.01. The number of amides is 1. The lowest BCUT2D eigenvalue weighted by Crippen LogP contribution is -2.39. The minimum Gasteiger partial charge on any atom is -0.356 e. The molecule has 0 rings (SSSR count). The molecule has 0 saturated carbocycles. The van der Waals surface area contributed by atoms with E-state index >= 15 is 0 Å². The van der Waals surface area contributed by atoms with Crippen LogP contribution in [0.1, 0.15) is 26.7 Å². The summed E-state index contributed by atoms with van der Waals surface area (Å²) >= 11 is 0. The second-order valence-corrected chi connectivity index (χ2v) is 4.67. The van der Waals surface area contributed by atoms with Gasteiger partial charge < -0.3 is 16.0 Å². The van der Waals surface area contributed by atoms with Crippen molar-refractivity contribution in [3.63, 3.8) is 0 Å². The number of carbonyl (C=O) groups is 1. The molecule has 0 aromatic heterocycles. The van der Waals surface area contributed by atoms with Crippen molar-refractivity contribution in [2.75, 3.05) is 27.2 Å². The molecule has 0 aliphatic heterocycles. The summed E-state index contributed by atoms with van der Waals surface area (Å²) in [6.07, 6.45) is 1.36. The molecule has 0 unspecified atom stereocenters. The normalized spacial score (nSPS) is 11.9. The molecule has 0 saturated heterocycles. The largest absolute Gasteiger partial charge is 0.356 e. The molecular formula is C10H23N3O. The lowest BCUT2D eigenvalue weighted by Gasteiger charge is -2.17. The predicted octanol–water partition coefficient (Wildman–Crippen LogP) is 0.182. The lowest BCUT2D eigenvalue weighted by molar-refractivity contribution is -0.122. The third-order valence-electron chi connectivity index (χ3n) is 1.72. The molecule has 84 valence electrons. The minimum absolute atomic E-state index is 0.0382. The summed E-state index contributed by atoms with van der Waals surface area (Å²) < 4.78 is 0. The van der Waals surface area contributed by atoms with Gasteiger partial charge in [-0.2, -0.15) is 0 Å². The first-order valence-corrected chi connectivity index (χ1v) is 5.01. The van der Waals surface area contributed by atoms with E-state index in [9.17, 15) is 4.79 Å². The molecule has 4 nitrogen and oxygen atoms in total. The molecule has 0 heterocycles. The van der Waals surface area contributed by atoms with Crippen molar-refractivity contribution in [3.05, 3.63) is 0 Å². The van der Waals surface area contributed by atoms with Gasteiger partial charge in [0.2, 0.25) is 5.91 Å². The van der Waals surface area contributed by atoms with Crippen LogP contribution >= 0.6 is 0 Å². The van der Waals surface area contributed by atoms with E-state index < -0.39 is 5.54 Å². The smallest absolute Gasteiger partial charge is 0.221 e. The second-order valence-electron chi connectivity index (χ2n) is 4.67. The Morgan fingerprint density at radius 1 is 1.43 bits per heavy atom. The Morgan fingerprint density at radius 2 is 2.00 bits per heavy atom. The average molecular weight is 201 g/mol. The maximum Gasteiger partial charge on any atom is 0.221 e. The number of hydrogen-bond acceptors (Lipinski definition) is 3. The molecule has 0 spiro atoms. The molecule has 0 radical (unpaired) electrons. The van der Waals surface area contributed by atoms with E-state index in [1.54, 1.807) is 0 Å². The van der Waals surface area contributed by atoms with Gasteiger partial charge in [-0.3, -0.25) is 4.79 Å². The van der Waals surface area contributed by atoms with E-state index in [2.05, 4.69) is 10.2 Å². The number of hydrogen-bond donors (Lipinski definition) is 2. The van der Waals surface area contributed by atoms with Gasteiger partial charge in [-0.1, -0.05) is 0 Å². The maximum absolute atomic E-state index is 11.3. The van der Waals surface area contributed by atoms with Crippen LogP contribution in [0.2, 0.25) is 0 Å². The molecular weight excluding hydrogens is 178 g/mol. The monoisotopic (exact) mass is 201 g/mol. The summed E-state index contributed by atoms with van der Waals surface area (Å²) in [6, 6.07) is 0. The molecule has 0 aliphatic rings. The SMILES string of the molecule is CN(C)CCCNC(=O)CC(C)(C)N. The lowest BCUT2D eigenvalue weighted by atomic mass is 10.0. The van der Waals surface area contributed by atoms with Crippen molar-refractivity contribution in [2.24, 2.45) is 5.73 Å². The summed E-state index contributed by atoms with van der Waals surface area (Å²) in [5, 5.41) is 2.85. The molecule has 0 aromatic rings. The first kappa shape index (κ1) is 13.4. The van der Waals surface area contributed by atoms with Crippen molar-refractivity contribution in [1.82, 2.24) is 10.2 Å². The van der Waals surface area contributed by atoms with Crippen LogP contribution in [0.3, 0.4) is 0 Å². The Hall–Kier alpha value is -0.610. The van der Waals surface area contributed by atoms with E-state index in [4.69, 9.17) is 5.73 Å². The second kappa shape index (κ2) is 5.98. The van der Waals surface area contributed by atoms with Crippen molar-refractivity contribution in [3.8, 4) is 0 Å². The summed E-state index contributed by atoms with van der Waals surface area (Å²) in [5.74, 6) is 0.0382. The molecule has 0 fully saturated rings. The fourth-order valence-electron chi connectivity index (χ4n) is 1.10. The van der Waals surface area contributed by atoms with E-state index in [1.165, 1.54) is 0 Å². The highest BCUT2D eigenvalue weighted by Gasteiger charge is 2.15. The average Bonchev–Trinajstić information content (AvgIpc) is 1.94. The summed E-state index contributed by atoms with van der Waals surface area (Å²) in [4.78, 5) is 13.4. The zero-order valence-electron chi connectivity index (χ0n) is 9.76. The third kappa shape index (κ3) is 9.48. The van der Waals surface area contributed by atoms with Crippen molar-refractivity contribution in [2.45, 2.75) is 32.2 Å². The minimum atomic E-state index is -0.411. The van der Waals surface area contributed by atoms with E-state index in [1.807, 2.05) is 27.9 Å². The summed E-state index contributed by atoms with van der Waals surface area (Å²) in [5.41, 5.74) is 5.31. The van der Waals surface area contributed by atoms with Gasteiger partial charge in [0.1, 0.15) is 0 Å². The molecule has 3 N–H and O–H groups in total. The van der Waals surface area contributed by atoms with Gasteiger partial charge in [0.05, 0.1) is 0 Å². The molecule has 4 heteroatoms. The fourth-order valence-corrected chi connectivity index (χ4v) is 1.10. The van der Waals surface area contributed by atoms with Crippen LogP contribution in [0.15, 0.2) is 0 Å². The number of nitrogens with zero attached hydrogens (tertiary/aromatic N) is 1.